The zero-order valence-electron chi connectivity index (χ0n) is 29.5. The van der Waals surface area contributed by atoms with E-state index in [-0.39, 0.29) is 0 Å². The largest absolute Gasteiger partial charge is 0.456 e. The van der Waals surface area contributed by atoms with Crippen LogP contribution in [0.2, 0.25) is 0 Å². The van der Waals surface area contributed by atoms with Crippen molar-refractivity contribution in [1.82, 2.24) is 4.57 Å². The summed E-state index contributed by atoms with van der Waals surface area (Å²) < 4.78 is 15.0. The first-order chi connectivity index (χ1) is 26.7. The van der Waals surface area contributed by atoms with E-state index in [1.807, 2.05) is 24.3 Å². The molecule has 256 valence electrons. The molecular weight excluding hydrogens is 663 g/mol. The maximum absolute atomic E-state index is 6.43. The summed E-state index contributed by atoms with van der Waals surface area (Å²) in [5.74, 6) is 0. The quantitative estimate of drug-likeness (QED) is 0.174. The van der Waals surface area contributed by atoms with Gasteiger partial charge >= 0.3 is 0 Å². The standard InChI is InChI=1S/C49H33N3O2/c1-50-42-21-11-8-20-40(42)49-43(50)29-36(51(32-14-4-2-5-15-32)35-24-26-39-37-18-9-12-22-45(37)54-48(39)31-35)30-44(49)52(33-16-6-3-7-17-33)34-25-27-47-41(28-34)38-19-10-13-23-46(38)53-47/h2-31H,1H3. The lowest BCUT2D eigenvalue weighted by molar-refractivity contribution is 0.668. The smallest absolute Gasteiger partial charge is 0.137 e. The highest BCUT2D eigenvalue weighted by Gasteiger charge is 2.24. The molecule has 0 unspecified atom stereocenters. The Balaban J connectivity index is 1.22. The molecule has 0 radical (unpaired) electrons. The first-order valence-corrected chi connectivity index (χ1v) is 18.2. The second kappa shape index (κ2) is 11.9. The van der Waals surface area contributed by atoms with Crippen molar-refractivity contribution < 1.29 is 8.83 Å². The van der Waals surface area contributed by atoms with Gasteiger partial charge in [0.2, 0.25) is 0 Å². The fraction of sp³-hybridized carbons (Fsp3) is 0.0204. The Hall–Kier alpha value is -7.24. The number of nitrogens with zero attached hydrogens (tertiary/aromatic N) is 3. The first-order valence-electron chi connectivity index (χ1n) is 18.2. The zero-order valence-corrected chi connectivity index (χ0v) is 29.5. The third kappa shape index (κ3) is 4.65. The van der Waals surface area contributed by atoms with Gasteiger partial charge in [0, 0.05) is 73.7 Å². The molecule has 5 nitrogen and oxygen atoms in total. The summed E-state index contributed by atoms with van der Waals surface area (Å²) in [4.78, 5) is 4.73. The van der Waals surface area contributed by atoms with Crippen molar-refractivity contribution in [3.05, 3.63) is 182 Å². The van der Waals surface area contributed by atoms with Crippen LogP contribution in [0.5, 0.6) is 0 Å². The minimum atomic E-state index is 0.854. The number of fused-ring (bicyclic) bond motifs is 9. The molecule has 5 heteroatoms. The van der Waals surface area contributed by atoms with Crippen molar-refractivity contribution in [3.8, 4) is 0 Å². The minimum Gasteiger partial charge on any atom is -0.456 e. The molecule has 0 spiro atoms. The van der Waals surface area contributed by atoms with E-state index >= 15 is 0 Å². The fourth-order valence-electron chi connectivity index (χ4n) is 8.29. The summed E-state index contributed by atoms with van der Waals surface area (Å²) in [6.07, 6.45) is 0. The minimum absolute atomic E-state index is 0.854. The van der Waals surface area contributed by atoms with E-state index in [9.17, 15) is 0 Å². The van der Waals surface area contributed by atoms with Crippen LogP contribution in [-0.2, 0) is 7.05 Å². The van der Waals surface area contributed by atoms with Crippen LogP contribution in [0.4, 0.5) is 34.1 Å². The van der Waals surface area contributed by atoms with E-state index in [0.29, 0.717) is 0 Å². The Bertz CT molecular complexity index is 3190. The third-order valence-electron chi connectivity index (χ3n) is 10.7. The Morgan fingerprint density at radius 3 is 1.63 bits per heavy atom. The number of furan rings is 2. The molecule has 0 bridgehead atoms. The van der Waals surface area contributed by atoms with Crippen molar-refractivity contribution >= 4 is 99.8 Å². The van der Waals surface area contributed by atoms with E-state index < -0.39 is 0 Å². The third-order valence-corrected chi connectivity index (χ3v) is 10.7. The van der Waals surface area contributed by atoms with Crippen molar-refractivity contribution in [2.75, 3.05) is 9.80 Å². The molecule has 0 atom stereocenters. The number of para-hydroxylation sites is 5. The maximum atomic E-state index is 6.43. The molecule has 0 fully saturated rings. The van der Waals surface area contributed by atoms with Crippen LogP contribution < -0.4 is 9.80 Å². The number of anilines is 6. The van der Waals surface area contributed by atoms with Gasteiger partial charge in [-0.05, 0) is 84.9 Å². The van der Waals surface area contributed by atoms with Gasteiger partial charge in [-0.25, -0.2) is 0 Å². The SMILES string of the molecule is Cn1c2ccccc2c2c(N(c3ccccc3)c3ccc4oc5ccccc5c4c3)cc(N(c3ccccc3)c3ccc4c(c3)oc3ccccc34)cc21. The Kier molecular flexibility index (Phi) is 6.70. The number of rotatable bonds is 6. The topological polar surface area (TPSA) is 37.7 Å². The lowest BCUT2D eigenvalue weighted by atomic mass is 10.0. The molecule has 11 aromatic rings. The molecule has 0 saturated heterocycles. The fourth-order valence-corrected chi connectivity index (χ4v) is 8.29. The van der Waals surface area contributed by atoms with Gasteiger partial charge < -0.3 is 23.2 Å². The molecule has 0 N–H and O–H groups in total. The normalized spacial score (nSPS) is 11.8. The molecule has 0 saturated carbocycles. The highest BCUT2D eigenvalue weighted by molar-refractivity contribution is 6.18. The van der Waals surface area contributed by atoms with Crippen molar-refractivity contribution in [2.24, 2.45) is 7.05 Å². The first kappa shape index (κ1) is 30.4. The Labute approximate surface area is 311 Å². The van der Waals surface area contributed by atoms with E-state index in [1.165, 1.54) is 16.3 Å². The van der Waals surface area contributed by atoms with E-state index in [1.54, 1.807) is 0 Å². The number of aryl methyl sites for hydroxylation is 1. The average Bonchev–Trinajstić information content (AvgIpc) is 3.88. The number of aromatic nitrogens is 1. The maximum Gasteiger partial charge on any atom is 0.137 e. The van der Waals surface area contributed by atoms with Gasteiger partial charge in [0.15, 0.2) is 0 Å². The van der Waals surface area contributed by atoms with Crippen LogP contribution >= 0.6 is 0 Å². The number of hydrogen-bond donors (Lipinski definition) is 0. The summed E-state index contributed by atoms with van der Waals surface area (Å²) in [7, 11) is 2.17. The molecule has 54 heavy (non-hydrogen) atoms. The summed E-state index contributed by atoms with van der Waals surface area (Å²) in [6.45, 7) is 0. The van der Waals surface area contributed by atoms with Gasteiger partial charge in [-0.15, -0.1) is 0 Å². The van der Waals surface area contributed by atoms with Crippen LogP contribution in [-0.4, -0.2) is 4.57 Å². The second-order valence-corrected chi connectivity index (χ2v) is 13.8. The Morgan fingerprint density at radius 2 is 0.889 bits per heavy atom. The van der Waals surface area contributed by atoms with Crippen LogP contribution in [0.15, 0.2) is 191 Å². The lowest BCUT2D eigenvalue weighted by Crippen LogP contribution is -2.14. The van der Waals surface area contributed by atoms with Crippen molar-refractivity contribution in [1.29, 1.82) is 0 Å². The molecule has 8 aromatic carbocycles. The second-order valence-electron chi connectivity index (χ2n) is 13.8. The number of hydrogen-bond acceptors (Lipinski definition) is 4. The van der Waals surface area contributed by atoms with Gasteiger partial charge in [-0.1, -0.05) is 91.0 Å². The highest BCUT2D eigenvalue weighted by Crippen LogP contribution is 2.48. The van der Waals surface area contributed by atoms with Crippen molar-refractivity contribution in [3.63, 3.8) is 0 Å². The molecular formula is C49H33N3O2. The van der Waals surface area contributed by atoms with Gasteiger partial charge in [-0.2, -0.15) is 0 Å². The summed E-state index contributed by atoms with van der Waals surface area (Å²) in [5.41, 5.74) is 12.1. The van der Waals surface area contributed by atoms with E-state index in [4.69, 9.17) is 8.83 Å². The van der Waals surface area contributed by atoms with Gasteiger partial charge in [-0.3, -0.25) is 0 Å². The molecule has 0 amide bonds. The monoisotopic (exact) mass is 695 g/mol. The van der Waals surface area contributed by atoms with Crippen LogP contribution in [0.25, 0.3) is 65.7 Å². The van der Waals surface area contributed by atoms with Gasteiger partial charge in [0.25, 0.3) is 0 Å². The highest BCUT2D eigenvalue weighted by atomic mass is 16.3. The summed E-state index contributed by atoms with van der Waals surface area (Å²) in [6, 6.07) is 64.2. The molecule has 0 aliphatic carbocycles. The lowest BCUT2D eigenvalue weighted by Gasteiger charge is -2.30. The average molecular weight is 696 g/mol. The molecule has 3 aromatic heterocycles. The van der Waals surface area contributed by atoms with Crippen LogP contribution in [0.3, 0.4) is 0 Å². The molecule has 3 heterocycles. The zero-order chi connectivity index (χ0) is 35.8. The predicted octanol–water partition coefficient (Wildman–Crippen LogP) is 14.1. The summed E-state index contributed by atoms with van der Waals surface area (Å²) in [5, 5.41) is 6.78. The van der Waals surface area contributed by atoms with Gasteiger partial charge in [0.05, 0.1) is 16.9 Å². The van der Waals surface area contributed by atoms with Gasteiger partial charge in [0.1, 0.15) is 22.3 Å². The summed E-state index contributed by atoms with van der Waals surface area (Å²) >= 11 is 0. The van der Waals surface area contributed by atoms with Crippen LogP contribution in [0.1, 0.15) is 0 Å². The number of benzene rings is 8. The molecule has 0 aliphatic rings. The van der Waals surface area contributed by atoms with Crippen LogP contribution in [0, 0.1) is 0 Å². The predicted molar refractivity (Wildman–Crippen MR) is 224 cm³/mol. The van der Waals surface area contributed by atoms with E-state index in [2.05, 4.69) is 179 Å². The van der Waals surface area contributed by atoms with E-state index in [0.717, 1.165) is 83.5 Å². The molecule has 11 rings (SSSR count). The Morgan fingerprint density at radius 1 is 0.352 bits per heavy atom. The van der Waals surface area contributed by atoms with Crippen molar-refractivity contribution in [2.45, 2.75) is 0 Å². The molecule has 0 aliphatic heterocycles.